The summed E-state index contributed by atoms with van der Waals surface area (Å²) < 4.78 is 2.00. The van der Waals surface area contributed by atoms with Crippen molar-refractivity contribution in [1.29, 1.82) is 0 Å². The summed E-state index contributed by atoms with van der Waals surface area (Å²) in [6, 6.07) is 0. The van der Waals surface area contributed by atoms with E-state index in [2.05, 4.69) is 23.9 Å². The Balaban J connectivity index is 1.97. The molecule has 2 rings (SSSR count). The molecular formula is C15H27N3O. The molecule has 0 aromatic carbocycles. The van der Waals surface area contributed by atoms with Crippen molar-refractivity contribution in [2.45, 2.75) is 71.4 Å². The van der Waals surface area contributed by atoms with Crippen molar-refractivity contribution >= 4 is 0 Å². The van der Waals surface area contributed by atoms with Crippen LogP contribution in [-0.2, 0) is 13.0 Å². The molecule has 108 valence electrons. The van der Waals surface area contributed by atoms with E-state index in [1.165, 1.54) is 19.3 Å². The van der Waals surface area contributed by atoms with Crippen molar-refractivity contribution in [3.63, 3.8) is 0 Å². The fourth-order valence-corrected chi connectivity index (χ4v) is 3.31. The Morgan fingerprint density at radius 1 is 1.32 bits per heavy atom. The second kappa shape index (κ2) is 7.04. The highest BCUT2D eigenvalue weighted by Gasteiger charge is 2.29. The summed E-state index contributed by atoms with van der Waals surface area (Å²) in [5, 5.41) is 14.5. The van der Waals surface area contributed by atoms with Crippen molar-refractivity contribution in [3.8, 4) is 0 Å². The summed E-state index contributed by atoms with van der Waals surface area (Å²) in [6.07, 6.45) is 9.27. The number of hydrogen-bond acceptors (Lipinski definition) is 3. The largest absolute Gasteiger partial charge is 0.393 e. The zero-order valence-electron chi connectivity index (χ0n) is 12.3. The second-order valence-electron chi connectivity index (χ2n) is 5.90. The molecule has 0 aliphatic heterocycles. The molecule has 1 aromatic rings. The smallest absolute Gasteiger partial charge is 0.138 e. The lowest BCUT2D eigenvalue weighted by atomic mass is 9.76. The van der Waals surface area contributed by atoms with Gasteiger partial charge in [-0.1, -0.05) is 26.7 Å². The van der Waals surface area contributed by atoms with Crippen molar-refractivity contribution in [2.75, 3.05) is 0 Å². The Morgan fingerprint density at radius 3 is 2.89 bits per heavy atom. The Morgan fingerprint density at radius 2 is 2.16 bits per heavy atom. The van der Waals surface area contributed by atoms with Gasteiger partial charge in [-0.25, -0.2) is 4.98 Å². The van der Waals surface area contributed by atoms with Crippen LogP contribution in [0.2, 0.25) is 0 Å². The van der Waals surface area contributed by atoms with E-state index in [0.717, 1.165) is 44.0 Å². The lowest BCUT2D eigenvalue weighted by molar-refractivity contribution is 0.0448. The molecule has 0 bridgehead atoms. The maximum atomic E-state index is 10.2. The number of aromatic nitrogens is 3. The molecule has 1 N–H and O–H groups in total. The summed E-state index contributed by atoms with van der Waals surface area (Å²) in [6.45, 7) is 5.33. The summed E-state index contributed by atoms with van der Waals surface area (Å²) >= 11 is 0. The number of hydrogen-bond donors (Lipinski definition) is 1. The highest BCUT2D eigenvalue weighted by molar-refractivity contribution is 4.92. The molecule has 19 heavy (non-hydrogen) atoms. The number of aryl methyl sites for hydroxylation is 1. The van der Waals surface area contributed by atoms with Gasteiger partial charge in [0.15, 0.2) is 0 Å². The first-order chi connectivity index (χ1) is 9.24. The van der Waals surface area contributed by atoms with E-state index in [-0.39, 0.29) is 6.10 Å². The van der Waals surface area contributed by atoms with Crippen LogP contribution in [0.1, 0.15) is 58.2 Å². The van der Waals surface area contributed by atoms with Gasteiger partial charge in [-0.3, -0.25) is 4.68 Å². The van der Waals surface area contributed by atoms with Gasteiger partial charge in [0.2, 0.25) is 0 Å². The molecule has 1 fully saturated rings. The maximum Gasteiger partial charge on any atom is 0.138 e. The minimum absolute atomic E-state index is 0.153. The van der Waals surface area contributed by atoms with Crippen molar-refractivity contribution in [2.24, 2.45) is 11.8 Å². The van der Waals surface area contributed by atoms with Crippen LogP contribution < -0.4 is 0 Å². The summed E-state index contributed by atoms with van der Waals surface area (Å²) in [5.41, 5.74) is 0. The lowest BCUT2D eigenvalue weighted by Gasteiger charge is -2.33. The Labute approximate surface area is 116 Å². The maximum absolute atomic E-state index is 10.2. The number of rotatable bonds is 6. The van der Waals surface area contributed by atoms with E-state index in [1.54, 1.807) is 6.33 Å². The number of aliphatic hydroxyl groups is 1. The van der Waals surface area contributed by atoms with Crippen LogP contribution in [0.3, 0.4) is 0 Å². The van der Waals surface area contributed by atoms with Gasteiger partial charge < -0.3 is 5.11 Å². The van der Waals surface area contributed by atoms with Gasteiger partial charge in [0, 0.05) is 13.0 Å². The molecule has 4 nitrogen and oxygen atoms in total. The third-order valence-corrected chi connectivity index (χ3v) is 4.32. The quantitative estimate of drug-likeness (QED) is 0.860. The number of aliphatic hydroxyl groups excluding tert-OH is 1. The van der Waals surface area contributed by atoms with Gasteiger partial charge in [0.1, 0.15) is 12.2 Å². The molecule has 1 aromatic heterocycles. The van der Waals surface area contributed by atoms with Gasteiger partial charge in [-0.2, -0.15) is 5.10 Å². The molecule has 0 radical (unpaired) electrons. The molecule has 0 amide bonds. The monoisotopic (exact) mass is 265 g/mol. The van der Waals surface area contributed by atoms with Crippen LogP contribution in [0.15, 0.2) is 6.33 Å². The number of nitrogens with zero attached hydrogens (tertiary/aromatic N) is 3. The average Bonchev–Trinajstić information content (AvgIpc) is 2.82. The van der Waals surface area contributed by atoms with Gasteiger partial charge >= 0.3 is 0 Å². The lowest BCUT2D eigenvalue weighted by Crippen LogP contribution is -2.31. The fraction of sp³-hybridized carbons (Fsp3) is 0.867. The van der Waals surface area contributed by atoms with E-state index >= 15 is 0 Å². The topological polar surface area (TPSA) is 50.9 Å². The van der Waals surface area contributed by atoms with Crippen LogP contribution in [0.25, 0.3) is 0 Å². The summed E-state index contributed by atoms with van der Waals surface area (Å²) in [7, 11) is 0. The van der Waals surface area contributed by atoms with Crippen molar-refractivity contribution in [1.82, 2.24) is 14.8 Å². The molecule has 3 atom stereocenters. The standard InChI is InChI=1S/C15H27N3O/c1-3-5-12-6-7-14(19)13(9-12)10-15-16-11-17-18(15)8-4-2/h11-14,19H,3-10H2,1-2H3. The summed E-state index contributed by atoms with van der Waals surface area (Å²) in [4.78, 5) is 4.38. The van der Waals surface area contributed by atoms with Crippen LogP contribution in [0.4, 0.5) is 0 Å². The van der Waals surface area contributed by atoms with Gasteiger partial charge in [0.05, 0.1) is 6.10 Å². The molecule has 4 heteroatoms. The van der Waals surface area contributed by atoms with Gasteiger partial charge in [-0.15, -0.1) is 0 Å². The third-order valence-electron chi connectivity index (χ3n) is 4.32. The molecule has 3 unspecified atom stereocenters. The minimum Gasteiger partial charge on any atom is -0.393 e. The zero-order valence-corrected chi connectivity index (χ0v) is 12.3. The van der Waals surface area contributed by atoms with Crippen LogP contribution >= 0.6 is 0 Å². The molecule has 0 saturated heterocycles. The third kappa shape index (κ3) is 3.78. The average molecular weight is 265 g/mol. The van der Waals surface area contributed by atoms with Crippen molar-refractivity contribution in [3.05, 3.63) is 12.2 Å². The van der Waals surface area contributed by atoms with E-state index < -0.39 is 0 Å². The van der Waals surface area contributed by atoms with Gasteiger partial charge in [-0.05, 0) is 37.5 Å². The second-order valence-corrected chi connectivity index (χ2v) is 5.90. The predicted octanol–water partition coefficient (Wildman–Crippen LogP) is 2.81. The van der Waals surface area contributed by atoms with E-state index in [9.17, 15) is 5.11 Å². The van der Waals surface area contributed by atoms with E-state index in [1.807, 2.05) is 4.68 Å². The van der Waals surface area contributed by atoms with Crippen LogP contribution in [0, 0.1) is 11.8 Å². The molecule has 1 aliphatic rings. The van der Waals surface area contributed by atoms with Crippen molar-refractivity contribution < 1.29 is 5.11 Å². The van der Waals surface area contributed by atoms with E-state index in [4.69, 9.17) is 0 Å². The first kappa shape index (κ1) is 14.5. The molecule has 1 saturated carbocycles. The first-order valence-corrected chi connectivity index (χ1v) is 7.79. The van der Waals surface area contributed by atoms with E-state index in [0.29, 0.717) is 5.92 Å². The fourth-order valence-electron chi connectivity index (χ4n) is 3.31. The molecule has 1 heterocycles. The minimum atomic E-state index is -0.153. The Kier molecular flexibility index (Phi) is 5.37. The molecule has 0 spiro atoms. The molecule has 1 aliphatic carbocycles. The Hall–Kier alpha value is -0.900. The summed E-state index contributed by atoms with van der Waals surface area (Å²) in [5.74, 6) is 2.20. The van der Waals surface area contributed by atoms with Crippen LogP contribution in [0.5, 0.6) is 0 Å². The first-order valence-electron chi connectivity index (χ1n) is 7.79. The highest BCUT2D eigenvalue weighted by Crippen LogP contribution is 2.33. The zero-order chi connectivity index (χ0) is 13.7. The molecular weight excluding hydrogens is 238 g/mol. The SMILES string of the molecule is CCCC1CCC(O)C(Cc2ncnn2CCC)C1. The normalized spacial score (nSPS) is 27.6. The highest BCUT2D eigenvalue weighted by atomic mass is 16.3. The Bertz CT molecular complexity index is 377. The van der Waals surface area contributed by atoms with Crippen LogP contribution in [-0.4, -0.2) is 26.0 Å². The predicted molar refractivity (Wildman–Crippen MR) is 75.8 cm³/mol. The van der Waals surface area contributed by atoms with Gasteiger partial charge in [0.25, 0.3) is 0 Å².